The summed E-state index contributed by atoms with van der Waals surface area (Å²) in [6.07, 6.45) is 2.86. The molecule has 1 aromatic carbocycles. The second-order valence-electron chi connectivity index (χ2n) is 9.72. The van der Waals surface area contributed by atoms with Gasteiger partial charge in [-0.2, -0.15) is 0 Å². The first kappa shape index (κ1) is 26.6. The predicted molar refractivity (Wildman–Crippen MR) is 126 cm³/mol. The van der Waals surface area contributed by atoms with Crippen molar-refractivity contribution in [1.82, 2.24) is 15.5 Å². The molecule has 3 N–H and O–H groups in total. The highest BCUT2D eigenvalue weighted by Crippen LogP contribution is 2.40. The normalized spacial score (nSPS) is 19.2. The third kappa shape index (κ3) is 8.03. The molecule has 4 unspecified atom stereocenters. The number of amides is 3. The van der Waals surface area contributed by atoms with Crippen molar-refractivity contribution in [2.45, 2.75) is 84.0 Å². The molecular weight excluding hydrogens is 422 g/mol. The first-order chi connectivity index (χ1) is 15.6. The highest BCUT2D eigenvalue weighted by molar-refractivity contribution is 5.92. The van der Waals surface area contributed by atoms with Crippen molar-refractivity contribution in [2.24, 2.45) is 5.92 Å². The van der Waals surface area contributed by atoms with Crippen LogP contribution in [0.2, 0.25) is 0 Å². The van der Waals surface area contributed by atoms with Crippen LogP contribution in [0.5, 0.6) is 0 Å². The number of hydrogen-bond acceptors (Lipinski definition) is 5. The van der Waals surface area contributed by atoms with Gasteiger partial charge in [-0.25, -0.2) is 4.79 Å². The van der Waals surface area contributed by atoms with E-state index >= 15 is 0 Å². The van der Waals surface area contributed by atoms with Crippen LogP contribution in [-0.4, -0.2) is 58.8 Å². The Morgan fingerprint density at radius 2 is 1.82 bits per heavy atom. The van der Waals surface area contributed by atoms with E-state index in [4.69, 9.17) is 4.74 Å². The van der Waals surface area contributed by atoms with Gasteiger partial charge in [0.15, 0.2) is 0 Å². The van der Waals surface area contributed by atoms with E-state index in [2.05, 4.69) is 17.6 Å². The maximum absolute atomic E-state index is 13.6. The number of benzene rings is 1. The Labute approximate surface area is 197 Å². The summed E-state index contributed by atoms with van der Waals surface area (Å²) in [6, 6.07) is 6.92. The Balaban J connectivity index is 2.31. The topological polar surface area (TPSA) is 108 Å². The molecule has 0 spiro atoms. The minimum Gasteiger partial charge on any atom is -0.444 e. The first-order valence-corrected chi connectivity index (χ1v) is 11.8. The molecule has 3 amide bonds. The standard InChI is InChI=1S/C25H39N3O5/c1-6-7-11-14-26-22(30)21(18-12-9-8-10-13-18)28(20-15-17(20)2)23(31)19(16-29)27-24(32)33-25(3,4)5/h8-10,12-13,17,19-21,29H,6-7,11,14-16H2,1-5H3,(H,26,30)(H,27,32). The second kappa shape index (κ2) is 12.0. The quantitative estimate of drug-likeness (QED) is 0.439. The van der Waals surface area contributed by atoms with E-state index in [1.54, 1.807) is 20.8 Å². The third-order valence-corrected chi connectivity index (χ3v) is 5.57. The number of carbonyl (C=O) groups excluding carboxylic acids is 3. The van der Waals surface area contributed by atoms with Crippen LogP contribution in [0.3, 0.4) is 0 Å². The van der Waals surface area contributed by atoms with Gasteiger partial charge in [0.05, 0.1) is 6.61 Å². The van der Waals surface area contributed by atoms with Gasteiger partial charge < -0.3 is 25.4 Å². The zero-order valence-corrected chi connectivity index (χ0v) is 20.5. The maximum atomic E-state index is 13.6. The molecule has 0 heterocycles. The van der Waals surface area contributed by atoms with Crippen molar-refractivity contribution >= 4 is 17.9 Å². The van der Waals surface area contributed by atoms with E-state index in [-0.39, 0.29) is 17.9 Å². The molecule has 1 aromatic rings. The molecular formula is C25H39N3O5. The fourth-order valence-corrected chi connectivity index (χ4v) is 3.74. The van der Waals surface area contributed by atoms with E-state index in [1.807, 2.05) is 37.3 Å². The zero-order valence-electron chi connectivity index (χ0n) is 20.5. The monoisotopic (exact) mass is 461 g/mol. The smallest absolute Gasteiger partial charge is 0.408 e. The van der Waals surface area contributed by atoms with E-state index < -0.39 is 36.3 Å². The number of aliphatic hydroxyl groups excluding tert-OH is 1. The van der Waals surface area contributed by atoms with Gasteiger partial charge in [-0.15, -0.1) is 0 Å². The molecule has 0 saturated heterocycles. The van der Waals surface area contributed by atoms with Crippen LogP contribution in [-0.2, 0) is 14.3 Å². The lowest BCUT2D eigenvalue weighted by Gasteiger charge is -2.34. The highest BCUT2D eigenvalue weighted by Gasteiger charge is 2.48. The number of ether oxygens (including phenoxy) is 1. The van der Waals surface area contributed by atoms with Crippen molar-refractivity contribution < 1.29 is 24.2 Å². The summed E-state index contributed by atoms with van der Waals surface area (Å²) in [4.78, 5) is 40.8. The number of rotatable bonds is 11. The Kier molecular flexibility index (Phi) is 9.70. The average Bonchev–Trinajstić information content (AvgIpc) is 3.47. The van der Waals surface area contributed by atoms with Crippen LogP contribution < -0.4 is 10.6 Å². The Bertz CT molecular complexity index is 793. The zero-order chi connectivity index (χ0) is 24.6. The molecule has 8 nitrogen and oxygen atoms in total. The molecule has 1 aliphatic rings. The van der Waals surface area contributed by atoms with Crippen molar-refractivity contribution in [1.29, 1.82) is 0 Å². The average molecular weight is 462 g/mol. The summed E-state index contributed by atoms with van der Waals surface area (Å²) in [5.41, 5.74) is -0.0603. The van der Waals surface area contributed by atoms with Gasteiger partial charge in [0.1, 0.15) is 17.7 Å². The molecule has 0 aliphatic heterocycles. The van der Waals surface area contributed by atoms with Gasteiger partial charge in [0, 0.05) is 12.6 Å². The Morgan fingerprint density at radius 1 is 1.18 bits per heavy atom. The molecule has 0 radical (unpaired) electrons. The van der Waals surface area contributed by atoms with Crippen molar-refractivity contribution in [3.05, 3.63) is 35.9 Å². The lowest BCUT2D eigenvalue weighted by Crippen LogP contribution is -2.55. The molecule has 0 aromatic heterocycles. The van der Waals surface area contributed by atoms with Crippen molar-refractivity contribution in [2.75, 3.05) is 13.2 Å². The maximum Gasteiger partial charge on any atom is 0.408 e. The number of carbonyl (C=O) groups is 3. The molecule has 0 bridgehead atoms. The van der Waals surface area contributed by atoms with Gasteiger partial charge >= 0.3 is 6.09 Å². The largest absolute Gasteiger partial charge is 0.444 e. The number of nitrogens with one attached hydrogen (secondary N) is 2. The number of unbranched alkanes of at least 4 members (excludes halogenated alkanes) is 2. The number of hydrogen-bond donors (Lipinski definition) is 3. The molecule has 4 atom stereocenters. The van der Waals surface area contributed by atoms with Gasteiger partial charge in [0.25, 0.3) is 0 Å². The molecule has 1 saturated carbocycles. The Hall–Kier alpha value is -2.61. The second-order valence-corrected chi connectivity index (χ2v) is 9.72. The number of alkyl carbamates (subject to hydrolysis) is 1. The van der Waals surface area contributed by atoms with Crippen LogP contribution in [0.15, 0.2) is 30.3 Å². The Morgan fingerprint density at radius 3 is 2.33 bits per heavy atom. The fourth-order valence-electron chi connectivity index (χ4n) is 3.74. The van der Waals surface area contributed by atoms with Crippen LogP contribution in [0, 0.1) is 5.92 Å². The molecule has 1 fully saturated rings. The number of nitrogens with zero attached hydrogens (tertiary/aromatic N) is 1. The highest BCUT2D eigenvalue weighted by atomic mass is 16.6. The lowest BCUT2D eigenvalue weighted by atomic mass is 10.0. The summed E-state index contributed by atoms with van der Waals surface area (Å²) in [5, 5.41) is 15.4. The number of aliphatic hydroxyl groups is 1. The minimum atomic E-state index is -1.22. The van der Waals surface area contributed by atoms with Gasteiger partial charge in [0.2, 0.25) is 11.8 Å². The van der Waals surface area contributed by atoms with Crippen LogP contribution in [0.4, 0.5) is 4.79 Å². The van der Waals surface area contributed by atoms with Gasteiger partial charge in [-0.3, -0.25) is 9.59 Å². The van der Waals surface area contributed by atoms with Crippen molar-refractivity contribution in [3.8, 4) is 0 Å². The summed E-state index contributed by atoms with van der Waals surface area (Å²) >= 11 is 0. The van der Waals surface area contributed by atoms with Crippen LogP contribution in [0.1, 0.15) is 71.9 Å². The van der Waals surface area contributed by atoms with Crippen LogP contribution >= 0.6 is 0 Å². The van der Waals surface area contributed by atoms with Gasteiger partial charge in [-0.1, -0.05) is 57.0 Å². The molecule has 1 aliphatic carbocycles. The van der Waals surface area contributed by atoms with Crippen molar-refractivity contribution in [3.63, 3.8) is 0 Å². The predicted octanol–water partition coefficient (Wildman–Crippen LogP) is 3.16. The third-order valence-electron chi connectivity index (χ3n) is 5.57. The summed E-state index contributed by atoms with van der Waals surface area (Å²) < 4.78 is 5.25. The van der Waals surface area contributed by atoms with E-state index in [1.165, 1.54) is 4.90 Å². The van der Waals surface area contributed by atoms with E-state index in [0.29, 0.717) is 12.1 Å². The summed E-state index contributed by atoms with van der Waals surface area (Å²) in [7, 11) is 0. The fraction of sp³-hybridized carbons (Fsp3) is 0.640. The summed E-state index contributed by atoms with van der Waals surface area (Å²) in [5.74, 6) is -0.553. The molecule has 8 heteroatoms. The van der Waals surface area contributed by atoms with E-state index in [0.717, 1.165) is 25.7 Å². The summed E-state index contributed by atoms with van der Waals surface area (Å²) in [6.45, 7) is 9.18. The SMILES string of the molecule is CCCCCNC(=O)C(c1ccccc1)N(C(=O)C(CO)NC(=O)OC(C)(C)C)C1CC1C. The lowest BCUT2D eigenvalue weighted by molar-refractivity contribution is -0.144. The van der Waals surface area contributed by atoms with Crippen LogP contribution in [0.25, 0.3) is 0 Å². The van der Waals surface area contributed by atoms with E-state index in [9.17, 15) is 19.5 Å². The minimum absolute atomic E-state index is 0.154. The van der Waals surface area contributed by atoms with Gasteiger partial charge in [-0.05, 0) is 45.1 Å². The molecule has 2 rings (SSSR count). The first-order valence-electron chi connectivity index (χ1n) is 11.8. The molecule has 33 heavy (non-hydrogen) atoms. The molecule has 184 valence electrons.